The minimum absolute atomic E-state index is 0.0357. The summed E-state index contributed by atoms with van der Waals surface area (Å²) in [5.41, 5.74) is 1.80. The van der Waals surface area contributed by atoms with Crippen LogP contribution >= 0.6 is 34.4 Å². The number of carbonyl (C=O) groups excluding carboxylic acids is 1. The normalized spacial score (nSPS) is 17.7. The summed E-state index contributed by atoms with van der Waals surface area (Å²) in [7, 11) is 0. The minimum Gasteiger partial charge on any atom is -0.303 e. The van der Waals surface area contributed by atoms with Crippen LogP contribution in [0.2, 0.25) is 0 Å². The van der Waals surface area contributed by atoms with Crippen molar-refractivity contribution in [2.24, 2.45) is 10.2 Å². The number of carbonyl (C=O) groups is 1. The second-order valence-electron chi connectivity index (χ2n) is 3.80. The van der Waals surface area contributed by atoms with E-state index in [4.69, 9.17) is 0 Å². The van der Waals surface area contributed by atoms with Crippen LogP contribution in [0.5, 0.6) is 0 Å². The molecule has 1 aromatic carbocycles. The van der Waals surface area contributed by atoms with Gasteiger partial charge in [-0.05, 0) is 40.3 Å². The van der Waals surface area contributed by atoms with Crippen molar-refractivity contribution >= 4 is 62.5 Å². The van der Waals surface area contributed by atoms with Crippen molar-refractivity contribution in [2.75, 3.05) is 5.75 Å². The fourth-order valence-electron chi connectivity index (χ4n) is 1.60. The molecule has 96 valence electrons. The Hall–Kier alpha value is -1.42. The van der Waals surface area contributed by atoms with E-state index in [1.54, 1.807) is 6.21 Å². The van der Waals surface area contributed by atoms with Gasteiger partial charge in [-0.2, -0.15) is 10.2 Å². The summed E-state index contributed by atoms with van der Waals surface area (Å²) in [5.74, 6) is 0.373. The second kappa shape index (κ2) is 5.29. The molecule has 1 saturated heterocycles. The summed E-state index contributed by atoms with van der Waals surface area (Å²) < 4.78 is 1.02. The molecule has 1 fully saturated rings. The Kier molecular flexibility index (Phi) is 3.51. The average Bonchev–Trinajstić information content (AvgIpc) is 2.97. The predicted octanol–water partition coefficient (Wildman–Crippen LogP) is 1.72. The highest BCUT2D eigenvalue weighted by Gasteiger charge is 2.15. The molecule has 2 heterocycles. The van der Waals surface area contributed by atoms with Crippen LogP contribution in [0.15, 0.2) is 28.4 Å². The topological polar surface area (TPSA) is 82.5 Å². The number of benzene rings is 1. The summed E-state index contributed by atoms with van der Waals surface area (Å²) in [5, 5.41) is 19.2. The van der Waals surface area contributed by atoms with Gasteiger partial charge in [-0.15, -0.1) is 5.10 Å². The van der Waals surface area contributed by atoms with E-state index in [0.29, 0.717) is 10.9 Å². The number of H-pyrrole nitrogens is 1. The van der Waals surface area contributed by atoms with E-state index in [1.165, 1.54) is 11.8 Å². The maximum Gasteiger partial charge on any atom is 0.236 e. The monoisotopic (exact) mass is 385 g/mol. The van der Waals surface area contributed by atoms with E-state index >= 15 is 0 Å². The molecule has 0 unspecified atom stereocenters. The molecule has 1 aromatic heterocycles. The van der Waals surface area contributed by atoms with Crippen LogP contribution in [-0.2, 0) is 4.79 Å². The minimum atomic E-state index is -0.0357. The molecule has 6 nitrogen and oxygen atoms in total. The predicted molar refractivity (Wildman–Crippen MR) is 84.4 cm³/mol. The summed E-state index contributed by atoms with van der Waals surface area (Å²) in [6.07, 6.45) is 1.64. The van der Waals surface area contributed by atoms with Gasteiger partial charge in [-0.1, -0.05) is 17.8 Å². The lowest BCUT2D eigenvalue weighted by atomic mass is 10.2. The Morgan fingerprint density at radius 2 is 2.37 bits per heavy atom. The number of thioether (sulfide) groups is 1. The molecule has 2 N–H and O–H groups in total. The Bertz CT molecular complexity index is 708. The quantitative estimate of drug-likeness (QED) is 0.469. The number of aromatic amines is 1. The largest absolute Gasteiger partial charge is 0.303 e. The maximum atomic E-state index is 11.0. The molecule has 1 amide bonds. The van der Waals surface area contributed by atoms with E-state index in [2.05, 4.69) is 48.3 Å². The molecule has 3 rings (SSSR count). The molecule has 0 saturated carbocycles. The second-order valence-corrected chi connectivity index (χ2v) is 5.84. The molecule has 0 radical (unpaired) electrons. The smallest absolute Gasteiger partial charge is 0.236 e. The Balaban J connectivity index is 1.79. The van der Waals surface area contributed by atoms with Crippen LogP contribution in [0.4, 0.5) is 0 Å². The van der Waals surface area contributed by atoms with Crippen molar-refractivity contribution in [1.82, 2.24) is 15.5 Å². The first-order chi connectivity index (χ1) is 9.22. The van der Waals surface area contributed by atoms with E-state index in [0.717, 1.165) is 20.2 Å². The highest BCUT2D eigenvalue weighted by Crippen LogP contribution is 2.18. The third-order valence-electron chi connectivity index (χ3n) is 2.47. The van der Waals surface area contributed by atoms with Gasteiger partial charge in [0.15, 0.2) is 5.17 Å². The number of nitrogens with zero attached hydrogens (tertiary/aromatic N) is 3. The van der Waals surface area contributed by atoms with Crippen molar-refractivity contribution in [2.45, 2.75) is 0 Å². The van der Waals surface area contributed by atoms with Gasteiger partial charge >= 0.3 is 0 Å². The lowest BCUT2D eigenvalue weighted by Gasteiger charge is -1.93. The molecule has 2 aromatic rings. The van der Waals surface area contributed by atoms with Crippen LogP contribution in [0.1, 0.15) is 5.56 Å². The highest BCUT2D eigenvalue weighted by molar-refractivity contribution is 14.1. The highest BCUT2D eigenvalue weighted by atomic mass is 127. The van der Waals surface area contributed by atoms with E-state index in [1.807, 2.05) is 18.2 Å². The number of rotatable bonds is 2. The lowest BCUT2D eigenvalue weighted by molar-refractivity contribution is -0.116. The van der Waals surface area contributed by atoms with Crippen LogP contribution in [-0.4, -0.2) is 33.2 Å². The standard InChI is InChI=1S/C11H8IN5OS/c12-10-7-2-1-6(3-8(7)15-16-10)4-13-17-11-14-9(18)5-19-11/h1-4H,5H2,(H,15,16)(H,14,17,18). The maximum absolute atomic E-state index is 11.0. The molecule has 19 heavy (non-hydrogen) atoms. The molecule has 0 aliphatic carbocycles. The first-order valence-corrected chi connectivity index (χ1v) is 7.46. The summed E-state index contributed by atoms with van der Waals surface area (Å²) in [6.45, 7) is 0. The van der Waals surface area contributed by atoms with Gasteiger partial charge < -0.3 is 5.32 Å². The van der Waals surface area contributed by atoms with Gasteiger partial charge in [-0.3, -0.25) is 9.89 Å². The van der Waals surface area contributed by atoms with Crippen molar-refractivity contribution in [3.63, 3.8) is 0 Å². The molecular weight excluding hydrogens is 377 g/mol. The summed E-state index contributed by atoms with van der Waals surface area (Å²) in [4.78, 5) is 11.0. The van der Waals surface area contributed by atoms with Crippen LogP contribution in [0.3, 0.4) is 0 Å². The number of fused-ring (bicyclic) bond motifs is 1. The van der Waals surface area contributed by atoms with Gasteiger partial charge in [0, 0.05) is 5.39 Å². The molecule has 0 bridgehead atoms. The van der Waals surface area contributed by atoms with Crippen LogP contribution < -0.4 is 5.32 Å². The third kappa shape index (κ3) is 2.78. The number of aromatic nitrogens is 2. The van der Waals surface area contributed by atoms with Gasteiger partial charge in [0.25, 0.3) is 0 Å². The van der Waals surface area contributed by atoms with Gasteiger partial charge in [0.05, 0.1) is 17.5 Å². The number of amides is 1. The molecule has 1 aliphatic rings. The van der Waals surface area contributed by atoms with Crippen LogP contribution in [0, 0.1) is 3.70 Å². The number of halogens is 1. The summed E-state index contributed by atoms with van der Waals surface area (Å²) in [6, 6.07) is 5.86. The van der Waals surface area contributed by atoms with Crippen molar-refractivity contribution < 1.29 is 4.79 Å². The molecule has 0 spiro atoms. The zero-order valence-corrected chi connectivity index (χ0v) is 12.5. The van der Waals surface area contributed by atoms with Gasteiger partial charge in [0.1, 0.15) is 3.70 Å². The molecular formula is C11H8IN5OS. The Labute approximate surface area is 126 Å². The average molecular weight is 385 g/mol. The van der Waals surface area contributed by atoms with Crippen molar-refractivity contribution in [3.05, 3.63) is 27.5 Å². The SMILES string of the molecule is O=C1CSC(=NN=Cc2ccc3c(I)[nH]nc3c2)N1. The molecule has 8 heteroatoms. The van der Waals surface area contributed by atoms with E-state index in [9.17, 15) is 4.79 Å². The zero-order valence-electron chi connectivity index (χ0n) is 9.55. The van der Waals surface area contributed by atoms with Crippen LogP contribution in [0.25, 0.3) is 10.9 Å². The van der Waals surface area contributed by atoms with E-state index < -0.39 is 0 Å². The summed E-state index contributed by atoms with van der Waals surface area (Å²) >= 11 is 3.55. The molecule has 0 atom stereocenters. The fourth-order valence-corrected chi connectivity index (χ4v) is 2.81. The number of amidine groups is 1. The Morgan fingerprint density at radius 1 is 1.47 bits per heavy atom. The zero-order chi connectivity index (χ0) is 13.2. The van der Waals surface area contributed by atoms with Gasteiger partial charge in [-0.25, -0.2) is 0 Å². The van der Waals surface area contributed by atoms with Crippen molar-refractivity contribution in [1.29, 1.82) is 0 Å². The fraction of sp³-hybridized carbons (Fsp3) is 0.0909. The Morgan fingerprint density at radius 3 is 3.16 bits per heavy atom. The van der Waals surface area contributed by atoms with Crippen molar-refractivity contribution in [3.8, 4) is 0 Å². The third-order valence-corrected chi connectivity index (χ3v) is 4.16. The van der Waals surface area contributed by atoms with Gasteiger partial charge in [0.2, 0.25) is 5.91 Å². The number of nitrogens with one attached hydrogen (secondary N) is 2. The molecule has 1 aliphatic heterocycles. The van der Waals surface area contributed by atoms with E-state index in [-0.39, 0.29) is 5.91 Å². The first kappa shape index (κ1) is 12.6. The number of hydrogen-bond acceptors (Lipinski definition) is 5. The first-order valence-electron chi connectivity index (χ1n) is 5.40. The lowest BCUT2D eigenvalue weighted by Crippen LogP contribution is -2.19. The number of hydrogen-bond donors (Lipinski definition) is 2.